The molecule has 0 amide bonds. The number of hydrogen-bond donors (Lipinski definition) is 2. The second-order valence-corrected chi connectivity index (χ2v) is 4.61. The third-order valence-electron chi connectivity index (χ3n) is 3.21. The van der Waals surface area contributed by atoms with Crippen LogP contribution in [0.2, 0.25) is 0 Å². The zero-order valence-electron chi connectivity index (χ0n) is 10.8. The summed E-state index contributed by atoms with van der Waals surface area (Å²) in [4.78, 5) is 2.42. The fourth-order valence-electron chi connectivity index (χ4n) is 2.13. The van der Waals surface area contributed by atoms with Crippen molar-refractivity contribution < 1.29 is 9.84 Å². The van der Waals surface area contributed by atoms with E-state index in [1.165, 1.54) is 5.56 Å². The molecular formula is C14H22N2O2. The summed E-state index contributed by atoms with van der Waals surface area (Å²) in [7, 11) is 0. The van der Waals surface area contributed by atoms with Crippen LogP contribution in [0, 0.1) is 0 Å². The van der Waals surface area contributed by atoms with E-state index in [1.54, 1.807) is 0 Å². The van der Waals surface area contributed by atoms with Gasteiger partial charge in [-0.15, -0.1) is 0 Å². The van der Waals surface area contributed by atoms with E-state index < -0.39 is 0 Å². The van der Waals surface area contributed by atoms with Gasteiger partial charge in [0.1, 0.15) is 0 Å². The van der Waals surface area contributed by atoms with Gasteiger partial charge in [0, 0.05) is 32.7 Å². The standard InChI is InChI=1S/C14H22N2O2/c17-12-14-3-1-2-13(10-14)11-15-4-5-16-6-8-18-9-7-16/h1-3,10,15,17H,4-9,11-12H2. The molecule has 0 radical (unpaired) electrons. The molecule has 100 valence electrons. The molecule has 1 aliphatic heterocycles. The van der Waals surface area contributed by atoms with Crippen molar-refractivity contribution in [3.63, 3.8) is 0 Å². The number of nitrogens with one attached hydrogen (secondary N) is 1. The fraction of sp³-hybridized carbons (Fsp3) is 0.571. The number of benzene rings is 1. The molecule has 0 unspecified atom stereocenters. The van der Waals surface area contributed by atoms with E-state index >= 15 is 0 Å². The number of rotatable bonds is 6. The number of morpholine rings is 1. The van der Waals surface area contributed by atoms with Crippen LogP contribution in [0.1, 0.15) is 11.1 Å². The van der Waals surface area contributed by atoms with Crippen LogP contribution in [0.3, 0.4) is 0 Å². The van der Waals surface area contributed by atoms with E-state index in [2.05, 4.69) is 16.3 Å². The maximum Gasteiger partial charge on any atom is 0.0681 e. The normalized spacial score (nSPS) is 16.9. The molecule has 2 rings (SSSR count). The molecule has 0 atom stereocenters. The lowest BCUT2D eigenvalue weighted by Gasteiger charge is -2.26. The molecule has 4 heteroatoms. The monoisotopic (exact) mass is 250 g/mol. The first-order valence-electron chi connectivity index (χ1n) is 6.58. The number of ether oxygens (including phenoxy) is 1. The van der Waals surface area contributed by atoms with E-state index in [0.717, 1.165) is 51.5 Å². The van der Waals surface area contributed by atoms with Crippen molar-refractivity contribution in [2.45, 2.75) is 13.2 Å². The average Bonchev–Trinajstić information content (AvgIpc) is 2.45. The second-order valence-electron chi connectivity index (χ2n) is 4.61. The topological polar surface area (TPSA) is 44.7 Å². The number of aliphatic hydroxyl groups excluding tert-OH is 1. The first-order chi connectivity index (χ1) is 8.88. The fourth-order valence-corrected chi connectivity index (χ4v) is 2.13. The molecule has 1 aromatic rings. The molecule has 1 fully saturated rings. The van der Waals surface area contributed by atoms with Gasteiger partial charge in [0.05, 0.1) is 19.8 Å². The second kappa shape index (κ2) is 7.48. The number of aliphatic hydroxyl groups is 1. The molecule has 2 N–H and O–H groups in total. The zero-order chi connectivity index (χ0) is 12.6. The Balaban J connectivity index is 1.65. The predicted octanol–water partition coefficient (Wildman–Crippen LogP) is 0.601. The highest BCUT2D eigenvalue weighted by Gasteiger charge is 2.08. The van der Waals surface area contributed by atoms with E-state index in [1.807, 2.05) is 18.2 Å². The molecule has 1 saturated heterocycles. The molecule has 1 aliphatic rings. The molecule has 0 saturated carbocycles. The lowest BCUT2D eigenvalue weighted by Crippen LogP contribution is -2.40. The van der Waals surface area contributed by atoms with Gasteiger partial charge in [-0.3, -0.25) is 4.90 Å². The third kappa shape index (κ3) is 4.38. The van der Waals surface area contributed by atoms with Crippen LogP contribution in [0.15, 0.2) is 24.3 Å². The quantitative estimate of drug-likeness (QED) is 0.726. The minimum absolute atomic E-state index is 0.113. The Morgan fingerprint density at radius 2 is 2.00 bits per heavy atom. The highest BCUT2D eigenvalue weighted by molar-refractivity contribution is 5.22. The Bertz CT molecular complexity index is 351. The Morgan fingerprint density at radius 3 is 2.78 bits per heavy atom. The Kier molecular flexibility index (Phi) is 5.61. The van der Waals surface area contributed by atoms with Crippen LogP contribution in [0.4, 0.5) is 0 Å². The smallest absolute Gasteiger partial charge is 0.0681 e. The van der Waals surface area contributed by atoms with Gasteiger partial charge in [-0.2, -0.15) is 0 Å². The lowest BCUT2D eigenvalue weighted by molar-refractivity contribution is 0.0384. The van der Waals surface area contributed by atoms with Crippen molar-refractivity contribution in [1.29, 1.82) is 0 Å². The summed E-state index contributed by atoms with van der Waals surface area (Å²) in [5.74, 6) is 0. The number of hydrogen-bond acceptors (Lipinski definition) is 4. The highest BCUT2D eigenvalue weighted by Crippen LogP contribution is 2.04. The maximum absolute atomic E-state index is 9.06. The SMILES string of the molecule is OCc1cccc(CNCCN2CCOCC2)c1. The summed E-state index contributed by atoms with van der Waals surface area (Å²) >= 11 is 0. The highest BCUT2D eigenvalue weighted by atomic mass is 16.5. The van der Waals surface area contributed by atoms with Crippen LogP contribution in [-0.4, -0.2) is 49.4 Å². The van der Waals surface area contributed by atoms with E-state index in [0.29, 0.717) is 0 Å². The molecule has 18 heavy (non-hydrogen) atoms. The van der Waals surface area contributed by atoms with Crippen LogP contribution in [0.25, 0.3) is 0 Å². The largest absolute Gasteiger partial charge is 0.392 e. The van der Waals surface area contributed by atoms with Gasteiger partial charge in [0.15, 0.2) is 0 Å². The lowest BCUT2D eigenvalue weighted by atomic mass is 10.1. The first-order valence-corrected chi connectivity index (χ1v) is 6.58. The van der Waals surface area contributed by atoms with Gasteiger partial charge in [0.2, 0.25) is 0 Å². The minimum atomic E-state index is 0.113. The zero-order valence-corrected chi connectivity index (χ0v) is 10.8. The summed E-state index contributed by atoms with van der Waals surface area (Å²) in [6, 6.07) is 8.06. The van der Waals surface area contributed by atoms with Gasteiger partial charge in [0.25, 0.3) is 0 Å². The molecule has 0 aromatic heterocycles. The molecule has 0 spiro atoms. The summed E-state index contributed by atoms with van der Waals surface area (Å²) in [5.41, 5.74) is 2.20. The van der Waals surface area contributed by atoms with Crippen molar-refractivity contribution in [3.8, 4) is 0 Å². The van der Waals surface area contributed by atoms with Crippen molar-refractivity contribution >= 4 is 0 Å². The van der Waals surface area contributed by atoms with Gasteiger partial charge < -0.3 is 15.2 Å². The molecule has 0 bridgehead atoms. The van der Waals surface area contributed by atoms with E-state index in [9.17, 15) is 0 Å². The Labute approximate surface area is 109 Å². The van der Waals surface area contributed by atoms with Gasteiger partial charge in [-0.1, -0.05) is 24.3 Å². The van der Waals surface area contributed by atoms with Gasteiger partial charge >= 0.3 is 0 Å². The summed E-state index contributed by atoms with van der Waals surface area (Å²) in [5, 5.41) is 12.5. The summed E-state index contributed by atoms with van der Waals surface area (Å²) in [6.45, 7) is 6.84. The number of nitrogens with zero attached hydrogens (tertiary/aromatic N) is 1. The van der Waals surface area contributed by atoms with Crippen LogP contribution < -0.4 is 5.32 Å². The minimum Gasteiger partial charge on any atom is -0.392 e. The summed E-state index contributed by atoms with van der Waals surface area (Å²) in [6.07, 6.45) is 0. The van der Waals surface area contributed by atoms with E-state index in [-0.39, 0.29) is 6.61 Å². The van der Waals surface area contributed by atoms with E-state index in [4.69, 9.17) is 9.84 Å². The Hall–Kier alpha value is -0.940. The molecular weight excluding hydrogens is 228 g/mol. The molecule has 4 nitrogen and oxygen atoms in total. The molecule has 0 aliphatic carbocycles. The first kappa shape index (κ1) is 13.5. The van der Waals surface area contributed by atoms with Crippen LogP contribution >= 0.6 is 0 Å². The van der Waals surface area contributed by atoms with Crippen LogP contribution in [-0.2, 0) is 17.9 Å². The predicted molar refractivity (Wildman–Crippen MR) is 71.3 cm³/mol. The van der Waals surface area contributed by atoms with Crippen molar-refractivity contribution in [1.82, 2.24) is 10.2 Å². The van der Waals surface area contributed by atoms with Crippen molar-refractivity contribution in [3.05, 3.63) is 35.4 Å². The van der Waals surface area contributed by atoms with Crippen molar-refractivity contribution in [2.24, 2.45) is 0 Å². The van der Waals surface area contributed by atoms with Gasteiger partial charge in [-0.05, 0) is 11.1 Å². The average molecular weight is 250 g/mol. The third-order valence-corrected chi connectivity index (χ3v) is 3.21. The Morgan fingerprint density at radius 1 is 1.22 bits per heavy atom. The van der Waals surface area contributed by atoms with Crippen molar-refractivity contribution in [2.75, 3.05) is 39.4 Å². The maximum atomic E-state index is 9.06. The van der Waals surface area contributed by atoms with Crippen LogP contribution in [0.5, 0.6) is 0 Å². The molecule has 1 aromatic carbocycles. The van der Waals surface area contributed by atoms with Gasteiger partial charge in [-0.25, -0.2) is 0 Å². The summed E-state index contributed by atoms with van der Waals surface area (Å²) < 4.78 is 5.32. The molecule has 1 heterocycles.